The first kappa shape index (κ1) is 23.8. The van der Waals surface area contributed by atoms with Crippen molar-refractivity contribution in [1.29, 1.82) is 0 Å². The lowest BCUT2D eigenvalue weighted by molar-refractivity contribution is -0.274. The molecule has 176 valence electrons. The number of alkyl halides is 3. The number of halogens is 5. The molecule has 0 radical (unpaired) electrons. The number of fused-ring (bicyclic) bond motifs is 1. The Kier molecular flexibility index (Phi) is 5.92. The van der Waals surface area contributed by atoms with Crippen LogP contribution in [-0.4, -0.2) is 31.6 Å². The number of hydrogen-bond acceptors (Lipinski definition) is 6. The fraction of sp³-hybridized carbons (Fsp3) is 0.0500. The predicted molar refractivity (Wildman–Crippen MR) is 116 cm³/mol. The molecule has 14 heteroatoms. The summed E-state index contributed by atoms with van der Waals surface area (Å²) in [6, 6.07) is 7.13. The molecule has 2 heterocycles. The first-order valence-electron chi connectivity index (χ1n) is 9.08. The van der Waals surface area contributed by atoms with E-state index in [0.717, 1.165) is 29.2 Å². The summed E-state index contributed by atoms with van der Waals surface area (Å²) in [7, 11) is -4.38. The van der Waals surface area contributed by atoms with E-state index < -0.39 is 38.8 Å². The Bertz CT molecular complexity index is 1430. The standard InChI is InChI=1S/C20H10Cl2F3N3O5S/c21-10-7-11(9-26-8-10)28-18(29)16-14(22)5-6-15(17(16)19(28)30)27-34(31,32)13-3-1-12(2-4-13)33-20(23,24)25/h1-9,27H. The zero-order valence-corrected chi connectivity index (χ0v) is 18.8. The number of aromatic nitrogens is 1. The molecule has 0 spiro atoms. The van der Waals surface area contributed by atoms with Crippen molar-refractivity contribution < 1.29 is 35.9 Å². The van der Waals surface area contributed by atoms with Gasteiger partial charge in [0.2, 0.25) is 0 Å². The van der Waals surface area contributed by atoms with E-state index in [2.05, 4.69) is 14.4 Å². The van der Waals surface area contributed by atoms with Crippen LogP contribution in [0.4, 0.5) is 24.5 Å². The Morgan fingerprint density at radius 2 is 1.59 bits per heavy atom. The van der Waals surface area contributed by atoms with Gasteiger partial charge >= 0.3 is 6.36 Å². The molecular formula is C20H10Cl2F3N3O5S. The summed E-state index contributed by atoms with van der Waals surface area (Å²) in [5, 5.41) is 0.0569. The topological polar surface area (TPSA) is 106 Å². The van der Waals surface area contributed by atoms with Gasteiger partial charge in [-0.1, -0.05) is 23.2 Å². The minimum Gasteiger partial charge on any atom is -0.406 e. The first-order valence-corrected chi connectivity index (χ1v) is 11.3. The summed E-state index contributed by atoms with van der Waals surface area (Å²) in [5.74, 6) is -2.31. The van der Waals surface area contributed by atoms with Crippen LogP contribution in [0.5, 0.6) is 5.75 Å². The Labute approximate surface area is 199 Å². The number of nitrogens with zero attached hydrogens (tertiary/aromatic N) is 2. The van der Waals surface area contributed by atoms with E-state index in [0.29, 0.717) is 0 Å². The Hall–Kier alpha value is -3.35. The number of amides is 2. The second kappa shape index (κ2) is 8.46. The molecule has 0 bridgehead atoms. The predicted octanol–water partition coefficient (Wildman–Crippen LogP) is 4.89. The number of anilines is 2. The van der Waals surface area contributed by atoms with E-state index in [4.69, 9.17) is 23.2 Å². The number of pyridine rings is 1. The second-order valence-corrected chi connectivity index (χ2v) is 9.30. The van der Waals surface area contributed by atoms with Gasteiger partial charge in [-0.2, -0.15) is 0 Å². The van der Waals surface area contributed by atoms with Gasteiger partial charge in [0.25, 0.3) is 21.8 Å². The van der Waals surface area contributed by atoms with Crippen molar-refractivity contribution in [2.75, 3.05) is 9.62 Å². The lowest BCUT2D eigenvalue weighted by Crippen LogP contribution is -2.29. The molecule has 0 saturated heterocycles. The average molecular weight is 532 g/mol. The number of hydrogen-bond donors (Lipinski definition) is 1. The van der Waals surface area contributed by atoms with Crippen molar-refractivity contribution in [3.05, 3.63) is 76.0 Å². The van der Waals surface area contributed by atoms with Crippen LogP contribution in [0.15, 0.2) is 59.8 Å². The van der Waals surface area contributed by atoms with Gasteiger partial charge in [0.05, 0.1) is 43.6 Å². The molecular weight excluding hydrogens is 522 g/mol. The van der Waals surface area contributed by atoms with Crippen LogP contribution >= 0.6 is 23.2 Å². The highest BCUT2D eigenvalue weighted by Crippen LogP contribution is 2.38. The summed E-state index contributed by atoms with van der Waals surface area (Å²) in [4.78, 5) is 30.2. The highest BCUT2D eigenvalue weighted by molar-refractivity contribution is 7.92. The lowest BCUT2D eigenvalue weighted by atomic mass is 10.1. The third-order valence-electron chi connectivity index (χ3n) is 4.55. The second-order valence-electron chi connectivity index (χ2n) is 6.78. The number of rotatable bonds is 5. The Morgan fingerprint density at radius 3 is 2.21 bits per heavy atom. The van der Waals surface area contributed by atoms with Crippen molar-refractivity contribution in [3.63, 3.8) is 0 Å². The Balaban J connectivity index is 1.69. The van der Waals surface area contributed by atoms with Crippen LogP contribution < -0.4 is 14.4 Å². The molecule has 1 N–H and O–H groups in total. The molecule has 0 unspecified atom stereocenters. The van der Waals surface area contributed by atoms with Crippen molar-refractivity contribution in [2.45, 2.75) is 11.3 Å². The van der Waals surface area contributed by atoms with Crippen LogP contribution in [0.1, 0.15) is 20.7 Å². The van der Waals surface area contributed by atoms with Gasteiger partial charge < -0.3 is 4.74 Å². The van der Waals surface area contributed by atoms with Crippen LogP contribution in [0.2, 0.25) is 10.0 Å². The minimum atomic E-state index is -4.94. The SMILES string of the molecule is O=C1c2c(Cl)ccc(NS(=O)(=O)c3ccc(OC(F)(F)F)cc3)c2C(=O)N1c1cncc(Cl)c1. The molecule has 0 atom stereocenters. The zero-order chi connectivity index (χ0) is 24.8. The summed E-state index contributed by atoms with van der Waals surface area (Å²) in [6.45, 7) is 0. The normalized spacial score (nSPS) is 13.7. The van der Waals surface area contributed by atoms with Crippen LogP contribution in [0.3, 0.4) is 0 Å². The van der Waals surface area contributed by atoms with Gasteiger partial charge in [-0.3, -0.25) is 19.3 Å². The van der Waals surface area contributed by atoms with Crippen molar-refractivity contribution in [3.8, 4) is 5.75 Å². The molecule has 0 saturated carbocycles. The molecule has 1 aliphatic heterocycles. The average Bonchev–Trinajstić information content (AvgIpc) is 3.00. The molecule has 0 aliphatic carbocycles. The van der Waals surface area contributed by atoms with Gasteiger partial charge in [0.1, 0.15) is 5.75 Å². The van der Waals surface area contributed by atoms with Gasteiger partial charge in [-0.15, -0.1) is 13.2 Å². The number of sulfonamides is 1. The quantitative estimate of drug-likeness (QED) is 0.470. The molecule has 0 fully saturated rings. The van der Waals surface area contributed by atoms with Crippen LogP contribution in [0.25, 0.3) is 0 Å². The maximum atomic E-state index is 13.1. The molecule has 1 aliphatic rings. The van der Waals surface area contributed by atoms with Crippen LogP contribution in [-0.2, 0) is 10.0 Å². The zero-order valence-electron chi connectivity index (χ0n) is 16.4. The molecule has 8 nitrogen and oxygen atoms in total. The first-order chi connectivity index (χ1) is 15.9. The van der Waals surface area contributed by atoms with Crippen LogP contribution in [0, 0.1) is 0 Å². The van der Waals surface area contributed by atoms with E-state index in [-0.39, 0.29) is 32.5 Å². The van der Waals surface area contributed by atoms with Crippen molar-refractivity contribution in [2.24, 2.45) is 0 Å². The summed E-state index contributed by atoms with van der Waals surface area (Å²) >= 11 is 12.0. The highest BCUT2D eigenvalue weighted by atomic mass is 35.5. The fourth-order valence-electron chi connectivity index (χ4n) is 3.19. The molecule has 34 heavy (non-hydrogen) atoms. The van der Waals surface area contributed by atoms with Crippen molar-refractivity contribution >= 4 is 56.4 Å². The number of carbonyl (C=O) groups excluding carboxylic acids is 2. The highest BCUT2D eigenvalue weighted by Gasteiger charge is 2.41. The van der Waals surface area contributed by atoms with Gasteiger partial charge in [0, 0.05) is 6.20 Å². The Morgan fingerprint density at radius 1 is 0.941 bits per heavy atom. The minimum absolute atomic E-state index is 0.0452. The van der Waals surface area contributed by atoms with E-state index in [1.54, 1.807) is 0 Å². The third-order valence-corrected chi connectivity index (χ3v) is 6.45. The number of ether oxygens (including phenoxy) is 1. The molecule has 3 aromatic rings. The largest absolute Gasteiger partial charge is 0.573 e. The van der Waals surface area contributed by atoms with Crippen molar-refractivity contribution in [1.82, 2.24) is 4.98 Å². The van der Waals surface area contributed by atoms with E-state index in [1.807, 2.05) is 0 Å². The lowest BCUT2D eigenvalue weighted by Gasteiger charge is -2.14. The maximum absolute atomic E-state index is 13.1. The van der Waals surface area contributed by atoms with E-state index in [9.17, 15) is 31.2 Å². The monoisotopic (exact) mass is 531 g/mol. The van der Waals surface area contributed by atoms with Gasteiger partial charge in [-0.25, -0.2) is 13.3 Å². The molecule has 4 rings (SSSR count). The number of carbonyl (C=O) groups is 2. The number of nitrogens with one attached hydrogen (secondary N) is 1. The smallest absolute Gasteiger partial charge is 0.406 e. The molecule has 1 aromatic heterocycles. The van der Waals surface area contributed by atoms with E-state index >= 15 is 0 Å². The summed E-state index contributed by atoms with van der Waals surface area (Å²) in [6.07, 6.45) is -2.43. The van der Waals surface area contributed by atoms with Gasteiger partial charge in [0.15, 0.2) is 0 Å². The fourth-order valence-corrected chi connectivity index (χ4v) is 4.67. The maximum Gasteiger partial charge on any atom is 0.573 e. The summed E-state index contributed by atoms with van der Waals surface area (Å²) in [5.41, 5.74) is -0.756. The number of imide groups is 1. The molecule has 2 aromatic carbocycles. The van der Waals surface area contributed by atoms with Gasteiger partial charge in [-0.05, 0) is 42.5 Å². The summed E-state index contributed by atoms with van der Waals surface area (Å²) < 4.78 is 68.5. The third kappa shape index (κ3) is 4.52. The van der Waals surface area contributed by atoms with E-state index in [1.165, 1.54) is 30.6 Å². The molecule has 2 amide bonds. The number of benzene rings is 2.